The second-order valence-corrected chi connectivity index (χ2v) is 15.8. The molecule has 0 unspecified atom stereocenters. The molecular formula is C40H42F2N8O6. The molecule has 5 atom stereocenters. The van der Waals surface area contributed by atoms with Crippen molar-refractivity contribution in [1.82, 2.24) is 40.4 Å². The molecule has 2 saturated carbocycles. The number of alkyl halides is 2. The predicted molar refractivity (Wildman–Crippen MR) is 197 cm³/mol. The Morgan fingerprint density at radius 1 is 0.911 bits per heavy atom. The number of carbonyl (C=O) groups excluding carboxylic acids is 4. The lowest BCUT2D eigenvalue weighted by Crippen LogP contribution is -2.50. The second-order valence-electron chi connectivity index (χ2n) is 15.8. The molecule has 2 aromatic heterocycles. The Morgan fingerprint density at radius 3 is 2.16 bits per heavy atom. The van der Waals surface area contributed by atoms with Crippen molar-refractivity contribution >= 4 is 24.0 Å². The van der Waals surface area contributed by atoms with Crippen LogP contribution in [0.4, 0.5) is 18.4 Å². The van der Waals surface area contributed by atoms with Gasteiger partial charge in [0, 0.05) is 34.8 Å². The van der Waals surface area contributed by atoms with Gasteiger partial charge in [0.25, 0.3) is 5.92 Å². The maximum Gasteiger partial charge on any atom is 0.407 e. The van der Waals surface area contributed by atoms with E-state index in [2.05, 4.69) is 40.0 Å². The number of hydrogen-bond acceptors (Lipinski definition) is 8. The average Bonchev–Trinajstić information content (AvgIpc) is 3.88. The number of rotatable bonds is 8. The number of alkyl carbamates (subject to hydrolysis) is 2. The number of carbonyl (C=O) groups is 4. The van der Waals surface area contributed by atoms with Crippen LogP contribution in [0.3, 0.4) is 0 Å². The Bertz CT molecular complexity index is 2270. The minimum absolute atomic E-state index is 0.0293. The first kappa shape index (κ1) is 35.9. The van der Waals surface area contributed by atoms with Crippen LogP contribution in [0.1, 0.15) is 80.3 Å². The zero-order valence-corrected chi connectivity index (χ0v) is 31.2. The fraction of sp³-hybridized carbons (Fsp3) is 0.450. The van der Waals surface area contributed by atoms with E-state index in [1.807, 2.05) is 4.90 Å². The quantitative estimate of drug-likeness (QED) is 0.174. The zero-order valence-electron chi connectivity index (χ0n) is 31.2. The number of hydrogen-bond donors (Lipinski definition) is 4. The summed E-state index contributed by atoms with van der Waals surface area (Å²) in [5, 5.41) is 5.02. The number of methoxy groups -OCH3 is 2. The van der Waals surface area contributed by atoms with E-state index in [1.54, 1.807) is 48.5 Å². The highest BCUT2D eigenvalue weighted by molar-refractivity contribution is 5.87. The number of nitrogens with zero attached hydrogens (tertiary/aromatic N) is 4. The number of piperidine rings is 1. The first-order valence-electron chi connectivity index (χ1n) is 19.0. The van der Waals surface area contributed by atoms with Gasteiger partial charge in [-0.1, -0.05) is 24.3 Å². The van der Waals surface area contributed by atoms with Crippen LogP contribution in [0, 0.1) is 11.3 Å². The average molecular weight is 769 g/mol. The highest BCUT2D eigenvalue weighted by atomic mass is 19.3. The highest BCUT2D eigenvalue weighted by Crippen LogP contribution is 2.58. The third kappa shape index (κ3) is 5.87. The van der Waals surface area contributed by atoms with E-state index in [0.29, 0.717) is 51.8 Å². The maximum absolute atomic E-state index is 16.4. The summed E-state index contributed by atoms with van der Waals surface area (Å²) in [6, 6.07) is 8.58. The van der Waals surface area contributed by atoms with Crippen molar-refractivity contribution in [3.63, 3.8) is 0 Å². The Morgan fingerprint density at radius 2 is 1.54 bits per heavy atom. The molecule has 14 nitrogen and oxygen atoms in total. The number of aromatic amines is 2. The van der Waals surface area contributed by atoms with Crippen LogP contribution >= 0.6 is 0 Å². The molecule has 2 saturated heterocycles. The Hall–Kier alpha value is -5.80. The van der Waals surface area contributed by atoms with Crippen LogP contribution in [0.25, 0.3) is 33.6 Å². The molecule has 4 heterocycles. The molecule has 292 valence electrons. The summed E-state index contributed by atoms with van der Waals surface area (Å²) in [4.78, 5) is 69.6. The molecule has 56 heavy (non-hydrogen) atoms. The summed E-state index contributed by atoms with van der Waals surface area (Å²) in [5.41, 5.74) is 2.90. The number of fused-ring (bicyclic) bond motifs is 5. The number of benzene rings is 2. The number of imidazole rings is 2. The fourth-order valence-electron chi connectivity index (χ4n) is 9.45. The third-order valence-electron chi connectivity index (χ3n) is 12.5. The first-order chi connectivity index (χ1) is 26.9. The third-order valence-corrected chi connectivity index (χ3v) is 12.5. The molecule has 3 aliphatic carbocycles. The van der Waals surface area contributed by atoms with Crippen LogP contribution in [0.5, 0.6) is 0 Å². The van der Waals surface area contributed by atoms with Crippen LogP contribution in [-0.2, 0) is 25.0 Å². The van der Waals surface area contributed by atoms with Crippen LogP contribution in [0.15, 0.2) is 48.8 Å². The van der Waals surface area contributed by atoms with Gasteiger partial charge in [0.1, 0.15) is 24.2 Å². The summed E-state index contributed by atoms with van der Waals surface area (Å²) in [6.07, 6.45) is 7.24. The monoisotopic (exact) mass is 768 g/mol. The number of nitrogens with one attached hydrogen (secondary N) is 4. The summed E-state index contributed by atoms with van der Waals surface area (Å²) in [7, 11) is 2.48. The van der Waals surface area contributed by atoms with E-state index in [0.717, 1.165) is 38.5 Å². The summed E-state index contributed by atoms with van der Waals surface area (Å²) >= 11 is 0. The molecule has 4 N–H and O–H groups in total. The van der Waals surface area contributed by atoms with Gasteiger partial charge in [0.15, 0.2) is 0 Å². The van der Waals surface area contributed by atoms with Gasteiger partial charge in [-0.05, 0) is 80.0 Å². The number of likely N-dealkylation sites (tertiary alicyclic amines) is 2. The normalized spacial score (nSPS) is 23.8. The van der Waals surface area contributed by atoms with E-state index >= 15 is 8.78 Å². The lowest BCUT2D eigenvalue weighted by molar-refractivity contribution is -0.137. The van der Waals surface area contributed by atoms with Gasteiger partial charge in [-0.3, -0.25) is 9.59 Å². The van der Waals surface area contributed by atoms with Crippen molar-refractivity contribution in [3.8, 4) is 33.6 Å². The molecule has 0 radical (unpaired) electrons. The van der Waals surface area contributed by atoms with Gasteiger partial charge >= 0.3 is 12.2 Å². The Balaban J connectivity index is 0.946. The summed E-state index contributed by atoms with van der Waals surface area (Å²) in [5.74, 6) is -2.42. The summed E-state index contributed by atoms with van der Waals surface area (Å²) < 4.78 is 42.1. The van der Waals surface area contributed by atoms with Crippen molar-refractivity contribution in [1.29, 1.82) is 0 Å². The molecular weight excluding hydrogens is 726 g/mol. The topological polar surface area (TPSA) is 175 Å². The van der Waals surface area contributed by atoms with Crippen LogP contribution in [0.2, 0.25) is 0 Å². The van der Waals surface area contributed by atoms with Crippen molar-refractivity contribution < 1.29 is 37.4 Å². The molecule has 5 aliphatic rings. The van der Waals surface area contributed by atoms with E-state index in [4.69, 9.17) is 0 Å². The minimum Gasteiger partial charge on any atom is -0.453 e. The number of aromatic nitrogens is 4. The molecule has 2 aliphatic heterocycles. The van der Waals surface area contributed by atoms with Gasteiger partial charge in [-0.15, -0.1) is 0 Å². The van der Waals surface area contributed by atoms with Crippen LogP contribution < -0.4 is 10.6 Å². The SMILES string of the molecule is COC(=O)NCC(=O)N1CC2(CC2)C[C@H]1c1ncc(-c2ccc3c(c2)C(F)(F)c2cc(-c4cnc([C@@H]5[C@H]6CC[C@H](C6)N5C(=O)[C@H](C)NC(=O)OC)[nH]4)ccc2-3)[nH]1. The van der Waals surface area contributed by atoms with E-state index in [-0.39, 0.29) is 58.9 Å². The number of H-pyrrole nitrogens is 2. The van der Waals surface area contributed by atoms with Crippen molar-refractivity contribution in [2.24, 2.45) is 11.3 Å². The van der Waals surface area contributed by atoms with E-state index in [9.17, 15) is 19.2 Å². The maximum atomic E-state index is 16.4. The smallest absolute Gasteiger partial charge is 0.407 e. The fourth-order valence-corrected chi connectivity index (χ4v) is 9.45. The van der Waals surface area contributed by atoms with Gasteiger partial charge < -0.3 is 39.9 Å². The van der Waals surface area contributed by atoms with Gasteiger partial charge in [-0.2, -0.15) is 8.78 Å². The molecule has 4 aromatic rings. The predicted octanol–water partition coefficient (Wildman–Crippen LogP) is 5.79. The van der Waals surface area contributed by atoms with E-state index < -0.39 is 24.2 Å². The first-order valence-corrected chi connectivity index (χ1v) is 19.0. The van der Waals surface area contributed by atoms with E-state index in [1.165, 1.54) is 26.4 Å². The summed E-state index contributed by atoms with van der Waals surface area (Å²) in [6.45, 7) is 1.99. The van der Waals surface area contributed by atoms with Crippen molar-refractivity contribution in [3.05, 3.63) is 71.6 Å². The molecule has 4 fully saturated rings. The standard InChI is InChI=1S/C40H42F2N8O6/c1-20(46-38(54)56-3)36(52)50-24-7-4-23(12-24)33(50)35-44-17-30(48-35)22-6-9-26-25-8-5-21(13-27(25)40(41,42)28(26)14-22)29-16-43-34(47-29)31-15-39(10-11-39)19-49(31)32(51)18-45-37(53)55-2/h5-6,8-9,13-14,16-17,20,23-24,31,33H,4,7,10-12,15,18-19H2,1-3H3,(H,43,47)(H,44,48)(H,45,53)(H,46,54)/t20-,23-,24+,31-,33-/m0/s1. The zero-order chi connectivity index (χ0) is 39.1. The van der Waals surface area contributed by atoms with Gasteiger partial charge in [0.2, 0.25) is 11.8 Å². The van der Waals surface area contributed by atoms with Gasteiger partial charge in [-0.25, -0.2) is 19.6 Å². The number of ether oxygens (including phenoxy) is 2. The largest absolute Gasteiger partial charge is 0.453 e. The Kier molecular flexibility index (Phi) is 8.43. The molecule has 2 aromatic carbocycles. The molecule has 9 rings (SSSR count). The lowest BCUT2D eigenvalue weighted by atomic mass is 9.97. The second kappa shape index (κ2) is 13.2. The highest BCUT2D eigenvalue weighted by Gasteiger charge is 2.54. The van der Waals surface area contributed by atoms with Crippen LogP contribution in [-0.4, -0.2) is 93.1 Å². The number of amides is 4. The molecule has 2 bridgehead atoms. The van der Waals surface area contributed by atoms with Crippen molar-refractivity contribution in [2.45, 2.75) is 75.5 Å². The molecule has 4 amide bonds. The molecule has 1 spiro atoms. The minimum atomic E-state index is -3.29. The lowest BCUT2D eigenvalue weighted by Gasteiger charge is -2.36. The van der Waals surface area contributed by atoms with Crippen molar-refractivity contribution in [2.75, 3.05) is 27.3 Å². The Labute approximate surface area is 320 Å². The number of halogens is 2. The molecule has 16 heteroatoms. The van der Waals surface area contributed by atoms with Gasteiger partial charge in [0.05, 0.1) is 50.1 Å².